The quantitative estimate of drug-likeness (QED) is 0.857. The van der Waals surface area contributed by atoms with Crippen molar-refractivity contribution in [1.82, 2.24) is 9.80 Å². The first kappa shape index (κ1) is 12.1. The van der Waals surface area contributed by atoms with Crippen LogP contribution in [0, 0.1) is 0 Å². The van der Waals surface area contributed by atoms with Gasteiger partial charge in [-0.1, -0.05) is 0 Å². The van der Waals surface area contributed by atoms with Gasteiger partial charge in [0.2, 0.25) is 5.91 Å². The molecule has 98 valence electrons. The molecule has 1 N–H and O–H groups in total. The van der Waals surface area contributed by atoms with Crippen LogP contribution in [-0.2, 0) is 17.8 Å². The number of fused-ring (bicyclic) bond motifs is 1. The zero-order valence-electron chi connectivity index (χ0n) is 10.6. The monoisotopic (exact) mass is 266 g/mol. The van der Waals surface area contributed by atoms with Gasteiger partial charge in [0.1, 0.15) is 0 Å². The highest BCUT2D eigenvalue weighted by Crippen LogP contribution is 2.25. The Morgan fingerprint density at radius 3 is 3.06 bits per heavy atom. The first-order valence-corrected chi connectivity index (χ1v) is 7.19. The van der Waals surface area contributed by atoms with Gasteiger partial charge in [0, 0.05) is 31.1 Å². The fourth-order valence-electron chi connectivity index (χ4n) is 2.78. The number of likely N-dealkylation sites (tertiary alicyclic amines) is 1. The zero-order chi connectivity index (χ0) is 12.8. The first-order valence-electron chi connectivity index (χ1n) is 6.31. The molecule has 1 amide bonds. The second-order valence-electron chi connectivity index (χ2n) is 5.58. The van der Waals surface area contributed by atoms with Crippen LogP contribution in [0.1, 0.15) is 17.4 Å². The first-order chi connectivity index (χ1) is 8.53. The Labute approximate surface area is 111 Å². The van der Waals surface area contributed by atoms with Crippen LogP contribution in [0.15, 0.2) is 11.4 Å². The highest BCUT2D eigenvalue weighted by molar-refractivity contribution is 7.10. The molecule has 0 unspecified atom stereocenters. The summed E-state index contributed by atoms with van der Waals surface area (Å²) in [7, 11) is 0. The van der Waals surface area contributed by atoms with Crippen molar-refractivity contribution in [2.24, 2.45) is 0 Å². The molecule has 3 heterocycles. The van der Waals surface area contributed by atoms with Gasteiger partial charge in [-0.3, -0.25) is 9.69 Å². The van der Waals surface area contributed by atoms with E-state index in [1.807, 2.05) is 16.7 Å². The number of carbonyl (C=O) groups excluding carboxylic acids is 1. The van der Waals surface area contributed by atoms with Crippen molar-refractivity contribution in [1.29, 1.82) is 0 Å². The topological polar surface area (TPSA) is 43.8 Å². The van der Waals surface area contributed by atoms with Gasteiger partial charge in [0.05, 0.1) is 12.1 Å². The Kier molecular flexibility index (Phi) is 2.92. The summed E-state index contributed by atoms with van der Waals surface area (Å²) in [5.74, 6) is 0.183. The molecule has 0 aliphatic carbocycles. The van der Waals surface area contributed by atoms with E-state index in [1.165, 1.54) is 10.4 Å². The van der Waals surface area contributed by atoms with Crippen molar-refractivity contribution in [3.8, 4) is 0 Å². The van der Waals surface area contributed by atoms with Crippen molar-refractivity contribution < 1.29 is 9.90 Å². The number of amides is 1. The lowest BCUT2D eigenvalue weighted by atomic mass is 9.97. The molecule has 2 aliphatic rings. The van der Waals surface area contributed by atoms with Gasteiger partial charge in [0.25, 0.3) is 0 Å². The lowest BCUT2D eigenvalue weighted by Crippen LogP contribution is -2.61. The van der Waals surface area contributed by atoms with E-state index < -0.39 is 5.60 Å². The van der Waals surface area contributed by atoms with E-state index in [1.54, 1.807) is 11.3 Å². The summed E-state index contributed by atoms with van der Waals surface area (Å²) in [6.45, 7) is 5.05. The molecule has 3 rings (SSSR count). The van der Waals surface area contributed by atoms with Crippen LogP contribution in [0.3, 0.4) is 0 Å². The summed E-state index contributed by atoms with van der Waals surface area (Å²) in [6, 6.07) is 2.12. The lowest BCUT2D eigenvalue weighted by molar-refractivity contribution is -0.140. The van der Waals surface area contributed by atoms with E-state index in [4.69, 9.17) is 0 Å². The predicted molar refractivity (Wildman–Crippen MR) is 70.5 cm³/mol. The summed E-state index contributed by atoms with van der Waals surface area (Å²) in [5, 5.41) is 11.7. The molecule has 0 bridgehead atoms. The summed E-state index contributed by atoms with van der Waals surface area (Å²) >= 11 is 1.79. The molecule has 0 aromatic carbocycles. The molecule has 0 saturated carbocycles. The maximum atomic E-state index is 12.2. The van der Waals surface area contributed by atoms with E-state index in [-0.39, 0.29) is 5.91 Å². The van der Waals surface area contributed by atoms with Gasteiger partial charge < -0.3 is 10.0 Å². The van der Waals surface area contributed by atoms with E-state index in [0.29, 0.717) is 19.6 Å². The van der Waals surface area contributed by atoms with Crippen LogP contribution in [0.2, 0.25) is 0 Å². The fraction of sp³-hybridized carbons (Fsp3) is 0.615. The standard InChI is InChI=1S/C13H18N2O2S/c1-13(17)8-14(9-13)7-12(16)15-4-2-11-10(6-15)3-5-18-11/h3,5,17H,2,4,6-9H2,1H3. The highest BCUT2D eigenvalue weighted by atomic mass is 32.1. The second kappa shape index (κ2) is 4.33. The molecule has 1 fully saturated rings. The smallest absolute Gasteiger partial charge is 0.237 e. The molecule has 18 heavy (non-hydrogen) atoms. The third kappa shape index (κ3) is 2.30. The molecule has 4 nitrogen and oxygen atoms in total. The molecule has 0 atom stereocenters. The maximum Gasteiger partial charge on any atom is 0.237 e. The van der Waals surface area contributed by atoms with Crippen molar-refractivity contribution >= 4 is 17.2 Å². The van der Waals surface area contributed by atoms with E-state index in [0.717, 1.165) is 19.5 Å². The Hall–Kier alpha value is -0.910. The fourth-order valence-corrected chi connectivity index (χ4v) is 3.67. The van der Waals surface area contributed by atoms with Crippen LogP contribution in [0.25, 0.3) is 0 Å². The van der Waals surface area contributed by atoms with Gasteiger partial charge in [-0.25, -0.2) is 0 Å². The van der Waals surface area contributed by atoms with Gasteiger partial charge in [0.15, 0.2) is 0 Å². The van der Waals surface area contributed by atoms with Crippen LogP contribution in [0.4, 0.5) is 0 Å². The summed E-state index contributed by atoms with van der Waals surface area (Å²) < 4.78 is 0. The van der Waals surface area contributed by atoms with Gasteiger partial charge in [-0.15, -0.1) is 11.3 Å². The molecule has 1 aromatic heterocycles. The summed E-state index contributed by atoms with van der Waals surface area (Å²) in [6.07, 6.45) is 0.983. The third-order valence-electron chi connectivity index (χ3n) is 3.65. The molecule has 2 aliphatic heterocycles. The van der Waals surface area contributed by atoms with E-state index >= 15 is 0 Å². The predicted octanol–water partition coefficient (Wildman–Crippen LogP) is 0.699. The van der Waals surface area contributed by atoms with Crippen molar-refractivity contribution in [3.05, 3.63) is 21.9 Å². The largest absolute Gasteiger partial charge is 0.388 e. The number of aliphatic hydroxyl groups is 1. The molecule has 0 spiro atoms. The Balaban J connectivity index is 1.55. The second-order valence-corrected chi connectivity index (χ2v) is 6.58. The van der Waals surface area contributed by atoms with Crippen molar-refractivity contribution in [2.75, 3.05) is 26.2 Å². The Morgan fingerprint density at radius 1 is 1.56 bits per heavy atom. The van der Waals surface area contributed by atoms with E-state index in [9.17, 15) is 9.90 Å². The molecular formula is C13H18N2O2S. The van der Waals surface area contributed by atoms with Crippen LogP contribution < -0.4 is 0 Å². The Morgan fingerprint density at radius 2 is 2.33 bits per heavy atom. The SMILES string of the molecule is CC1(O)CN(CC(=O)N2CCc3sccc3C2)C1. The number of thiophene rings is 1. The number of nitrogens with zero attached hydrogens (tertiary/aromatic N) is 2. The van der Waals surface area contributed by atoms with Crippen molar-refractivity contribution in [2.45, 2.75) is 25.5 Å². The van der Waals surface area contributed by atoms with Gasteiger partial charge in [-0.05, 0) is 30.4 Å². The van der Waals surface area contributed by atoms with Crippen LogP contribution in [0.5, 0.6) is 0 Å². The minimum Gasteiger partial charge on any atom is -0.388 e. The average Bonchev–Trinajstić information content (AvgIpc) is 2.73. The average molecular weight is 266 g/mol. The molecule has 1 saturated heterocycles. The summed E-state index contributed by atoms with van der Waals surface area (Å²) in [4.78, 5) is 17.5. The molecule has 1 aromatic rings. The number of hydrogen-bond donors (Lipinski definition) is 1. The lowest BCUT2D eigenvalue weighted by Gasteiger charge is -2.44. The zero-order valence-corrected chi connectivity index (χ0v) is 11.4. The van der Waals surface area contributed by atoms with Crippen LogP contribution in [-0.4, -0.2) is 52.6 Å². The number of carbonyl (C=O) groups is 1. The van der Waals surface area contributed by atoms with Gasteiger partial charge in [-0.2, -0.15) is 0 Å². The Bertz CT molecular complexity index is 461. The minimum atomic E-state index is -0.595. The minimum absolute atomic E-state index is 0.183. The number of β-amino-alcohol motifs (C(OH)–C–C–N with tert-alkyl or cyclic N) is 1. The summed E-state index contributed by atoms with van der Waals surface area (Å²) in [5.41, 5.74) is 0.707. The highest BCUT2D eigenvalue weighted by Gasteiger charge is 2.38. The normalized spacial score (nSPS) is 22.4. The number of hydrogen-bond acceptors (Lipinski definition) is 4. The molecule has 5 heteroatoms. The maximum absolute atomic E-state index is 12.2. The van der Waals surface area contributed by atoms with Crippen LogP contribution >= 0.6 is 11.3 Å². The molecule has 0 radical (unpaired) electrons. The molecular weight excluding hydrogens is 248 g/mol. The number of rotatable bonds is 2. The van der Waals surface area contributed by atoms with Crippen molar-refractivity contribution in [3.63, 3.8) is 0 Å². The van der Waals surface area contributed by atoms with Gasteiger partial charge >= 0.3 is 0 Å². The van der Waals surface area contributed by atoms with E-state index in [2.05, 4.69) is 11.4 Å². The third-order valence-corrected chi connectivity index (χ3v) is 4.67.